The molecule has 0 heterocycles. The Labute approximate surface area is 127 Å². The van der Waals surface area contributed by atoms with Crippen molar-refractivity contribution in [1.82, 2.24) is 9.80 Å². The zero-order valence-corrected chi connectivity index (χ0v) is 13.6. The first-order valence-corrected chi connectivity index (χ1v) is 7.55. The molecule has 4 heteroatoms. The van der Waals surface area contributed by atoms with Crippen molar-refractivity contribution in [3.8, 4) is 0 Å². The van der Waals surface area contributed by atoms with Gasteiger partial charge in [-0.25, -0.2) is 4.39 Å². The van der Waals surface area contributed by atoms with Gasteiger partial charge >= 0.3 is 0 Å². The molecule has 0 bridgehead atoms. The van der Waals surface area contributed by atoms with Crippen LogP contribution in [0.5, 0.6) is 0 Å². The fraction of sp³-hybridized carbons (Fsp3) is 0.588. The summed E-state index contributed by atoms with van der Waals surface area (Å²) in [5, 5.41) is 0. The highest BCUT2D eigenvalue weighted by Crippen LogP contribution is 2.11. The summed E-state index contributed by atoms with van der Waals surface area (Å²) in [5.41, 5.74) is 0.839. The molecule has 0 saturated heterocycles. The average Bonchev–Trinajstić information content (AvgIpc) is 2.40. The van der Waals surface area contributed by atoms with Crippen LogP contribution in [0.15, 0.2) is 24.3 Å². The number of amides is 1. The van der Waals surface area contributed by atoms with Crippen LogP contribution in [-0.2, 0) is 11.3 Å². The van der Waals surface area contributed by atoms with E-state index in [1.165, 1.54) is 12.1 Å². The van der Waals surface area contributed by atoms with Crippen LogP contribution in [0.25, 0.3) is 0 Å². The number of benzene rings is 1. The molecule has 1 rings (SSSR count). The van der Waals surface area contributed by atoms with Gasteiger partial charge in [0.1, 0.15) is 5.82 Å². The molecular weight excluding hydrogens is 267 g/mol. The second kappa shape index (κ2) is 8.78. The first kappa shape index (κ1) is 17.6. The number of likely N-dealkylation sites (N-methyl/N-ethyl adjacent to an activating group) is 1. The molecule has 0 aromatic heterocycles. The smallest absolute Gasteiger partial charge is 0.222 e. The van der Waals surface area contributed by atoms with Crippen molar-refractivity contribution in [1.29, 1.82) is 0 Å². The standard InChI is InChI=1S/C17H27FN2O/c1-14(2)8-9-17(21)20(11-10-19(3)4)13-15-6-5-7-16(18)12-15/h5-7,12,14H,8-11,13H2,1-4H3. The third kappa shape index (κ3) is 7.23. The van der Waals surface area contributed by atoms with Crippen LogP contribution in [-0.4, -0.2) is 42.9 Å². The Hall–Kier alpha value is -1.42. The van der Waals surface area contributed by atoms with E-state index >= 15 is 0 Å². The van der Waals surface area contributed by atoms with E-state index in [-0.39, 0.29) is 11.7 Å². The summed E-state index contributed by atoms with van der Waals surface area (Å²) in [5.74, 6) is 0.406. The second-order valence-electron chi connectivity index (χ2n) is 6.18. The molecule has 1 aromatic carbocycles. The van der Waals surface area contributed by atoms with Crippen molar-refractivity contribution in [2.75, 3.05) is 27.2 Å². The third-order valence-electron chi connectivity index (χ3n) is 3.37. The molecule has 3 nitrogen and oxygen atoms in total. The summed E-state index contributed by atoms with van der Waals surface area (Å²) in [6, 6.07) is 6.47. The van der Waals surface area contributed by atoms with Crippen molar-refractivity contribution >= 4 is 5.91 Å². The SMILES string of the molecule is CC(C)CCC(=O)N(CCN(C)C)Cc1cccc(F)c1. The predicted octanol–water partition coefficient (Wildman–Crippen LogP) is 3.15. The Morgan fingerprint density at radius 2 is 1.95 bits per heavy atom. The Bertz CT molecular complexity index is 446. The van der Waals surface area contributed by atoms with Gasteiger partial charge in [-0.05, 0) is 44.1 Å². The molecule has 21 heavy (non-hydrogen) atoms. The minimum absolute atomic E-state index is 0.148. The van der Waals surface area contributed by atoms with Crippen molar-refractivity contribution in [2.24, 2.45) is 5.92 Å². The third-order valence-corrected chi connectivity index (χ3v) is 3.37. The van der Waals surface area contributed by atoms with Gasteiger partial charge in [0.2, 0.25) is 5.91 Å². The summed E-state index contributed by atoms with van der Waals surface area (Å²) < 4.78 is 13.3. The summed E-state index contributed by atoms with van der Waals surface area (Å²) in [7, 11) is 3.97. The number of hydrogen-bond donors (Lipinski definition) is 0. The van der Waals surface area contributed by atoms with Gasteiger partial charge in [0, 0.05) is 26.1 Å². The lowest BCUT2D eigenvalue weighted by atomic mass is 10.1. The molecule has 0 spiro atoms. The highest BCUT2D eigenvalue weighted by atomic mass is 19.1. The fourth-order valence-corrected chi connectivity index (χ4v) is 2.04. The first-order valence-electron chi connectivity index (χ1n) is 7.55. The van der Waals surface area contributed by atoms with E-state index < -0.39 is 0 Å². The summed E-state index contributed by atoms with van der Waals surface area (Å²) in [6.07, 6.45) is 1.45. The number of carbonyl (C=O) groups excluding carboxylic acids is 1. The fourth-order valence-electron chi connectivity index (χ4n) is 2.04. The first-order chi connectivity index (χ1) is 9.88. The highest BCUT2D eigenvalue weighted by Gasteiger charge is 2.15. The molecule has 0 atom stereocenters. The molecule has 0 aliphatic rings. The Morgan fingerprint density at radius 1 is 1.24 bits per heavy atom. The quantitative estimate of drug-likeness (QED) is 0.735. The van der Waals surface area contributed by atoms with Crippen molar-refractivity contribution in [2.45, 2.75) is 33.2 Å². The van der Waals surface area contributed by atoms with Crippen LogP contribution in [0, 0.1) is 11.7 Å². The largest absolute Gasteiger partial charge is 0.337 e. The Morgan fingerprint density at radius 3 is 2.52 bits per heavy atom. The van der Waals surface area contributed by atoms with Crippen LogP contribution in [0.4, 0.5) is 4.39 Å². The lowest BCUT2D eigenvalue weighted by Crippen LogP contribution is -2.36. The van der Waals surface area contributed by atoms with Gasteiger partial charge in [0.05, 0.1) is 0 Å². The minimum Gasteiger partial charge on any atom is -0.337 e. The van der Waals surface area contributed by atoms with E-state index in [0.29, 0.717) is 25.4 Å². The molecule has 0 aliphatic heterocycles. The van der Waals surface area contributed by atoms with Gasteiger partial charge < -0.3 is 9.80 Å². The zero-order valence-electron chi connectivity index (χ0n) is 13.6. The monoisotopic (exact) mass is 294 g/mol. The molecule has 1 aromatic rings. The lowest BCUT2D eigenvalue weighted by molar-refractivity contribution is -0.132. The minimum atomic E-state index is -0.255. The summed E-state index contributed by atoms with van der Waals surface area (Å²) >= 11 is 0. The topological polar surface area (TPSA) is 23.6 Å². The molecule has 0 saturated carbocycles. The Balaban J connectivity index is 2.69. The van der Waals surface area contributed by atoms with E-state index in [2.05, 4.69) is 13.8 Å². The number of halogens is 1. The van der Waals surface area contributed by atoms with E-state index in [4.69, 9.17) is 0 Å². The molecular formula is C17H27FN2O. The lowest BCUT2D eigenvalue weighted by Gasteiger charge is -2.25. The molecule has 0 radical (unpaired) electrons. The van der Waals surface area contributed by atoms with Crippen LogP contribution in [0.3, 0.4) is 0 Å². The van der Waals surface area contributed by atoms with Crippen LogP contribution < -0.4 is 0 Å². The maximum Gasteiger partial charge on any atom is 0.222 e. The number of rotatable bonds is 8. The summed E-state index contributed by atoms with van der Waals surface area (Å²) in [4.78, 5) is 16.2. The van der Waals surface area contributed by atoms with E-state index in [1.54, 1.807) is 6.07 Å². The van der Waals surface area contributed by atoms with E-state index in [1.807, 2.05) is 30.0 Å². The second-order valence-corrected chi connectivity index (χ2v) is 6.18. The zero-order chi connectivity index (χ0) is 15.8. The van der Waals surface area contributed by atoms with Gasteiger partial charge in [-0.15, -0.1) is 0 Å². The molecule has 0 aliphatic carbocycles. The van der Waals surface area contributed by atoms with Gasteiger partial charge in [-0.1, -0.05) is 26.0 Å². The Kier molecular flexibility index (Phi) is 7.37. The predicted molar refractivity (Wildman–Crippen MR) is 84.4 cm³/mol. The number of carbonyl (C=O) groups is 1. The van der Waals surface area contributed by atoms with Crippen molar-refractivity contribution in [3.05, 3.63) is 35.6 Å². The number of nitrogens with zero attached hydrogens (tertiary/aromatic N) is 2. The van der Waals surface area contributed by atoms with Crippen molar-refractivity contribution < 1.29 is 9.18 Å². The summed E-state index contributed by atoms with van der Waals surface area (Å²) in [6.45, 7) is 6.18. The van der Waals surface area contributed by atoms with Gasteiger partial charge in [-0.2, -0.15) is 0 Å². The molecule has 118 valence electrons. The van der Waals surface area contributed by atoms with Gasteiger partial charge in [0.15, 0.2) is 0 Å². The average molecular weight is 294 g/mol. The molecule has 0 unspecified atom stereocenters. The van der Waals surface area contributed by atoms with Gasteiger partial charge in [0.25, 0.3) is 0 Å². The highest BCUT2D eigenvalue weighted by molar-refractivity contribution is 5.76. The molecule has 0 N–H and O–H groups in total. The molecule has 1 amide bonds. The normalized spacial score (nSPS) is 11.2. The van der Waals surface area contributed by atoms with Crippen LogP contribution in [0.1, 0.15) is 32.3 Å². The maximum atomic E-state index is 13.3. The molecule has 0 fully saturated rings. The van der Waals surface area contributed by atoms with Crippen molar-refractivity contribution in [3.63, 3.8) is 0 Å². The van der Waals surface area contributed by atoms with Crippen LogP contribution in [0.2, 0.25) is 0 Å². The van der Waals surface area contributed by atoms with Crippen LogP contribution >= 0.6 is 0 Å². The van der Waals surface area contributed by atoms with E-state index in [9.17, 15) is 9.18 Å². The van der Waals surface area contributed by atoms with E-state index in [0.717, 1.165) is 18.5 Å². The maximum absolute atomic E-state index is 13.3. The number of hydrogen-bond acceptors (Lipinski definition) is 2. The van der Waals surface area contributed by atoms with Gasteiger partial charge in [-0.3, -0.25) is 4.79 Å².